The highest BCUT2D eigenvalue weighted by atomic mass is 79.9. The summed E-state index contributed by atoms with van der Waals surface area (Å²) in [6.45, 7) is 0. The number of rotatable bonds is 2. The average molecular weight is 298 g/mol. The zero-order chi connectivity index (χ0) is 10.8. The SMILES string of the molecule is COC(=O)C(Cl)(Cl)c1ccc(Br)cc1. The van der Waals surface area contributed by atoms with Gasteiger partial charge in [-0.2, -0.15) is 0 Å². The fourth-order valence-corrected chi connectivity index (χ4v) is 1.58. The lowest BCUT2D eigenvalue weighted by Crippen LogP contribution is -2.24. The Morgan fingerprint density at radius 1 is 1.36 bits per heavy atom. The first kappa shape index (κ1) is 11.8. The van der Waals surface area contributed by atoms with Crippen LogP contribution in [-0.4, -0.2) is 13.1 Å². The molecule has 0 radical (unpaired) electrons. The van der Waals surface area contributed by atoms with E-state index in [1.165, 1.54) is 7.11 Å². The smallest absolute Gasteiger partial charge is 0.347 e. The molecule has 0 aliphatic rings. The normalized spacial score (nSPS) is 11.1. The molecule has 5 heteroatoms. The minimum Gasteiger partial charge on any atom is -0.467 e. The van der Waals surface area contributed by atoms with Gasteiger partial charge >= 0.3 is 5.97 Å². The van der Waals surface area contributed by atoms with Gasteiger partial charge in [0.2, 0.25) is 4.33 Å². The van der Waals surface area contributed by atoms with Gasteiger partial charge in [-0.15, -0.1) is 0 Å². The zero-order valence-electron chi connectivity index (χ0n) is 7.26. The van der Waals surface area contributed by atoms with Gasteiger partial charge in [-0.25, -0.2) is 4.79 Å². The van der Waals surface area contributed by atoms with Crippen molar-refractivity contribution in [1.82, 2.24) is 0 Å². The van der Waals surface area contributed by atoms with Gasteiger partial charge in [-0.1, -0.05) is 51.3 Å². The summed E-state index contributed by atoms with van der Waals surface area (Å²) in [5.41, 5.74) is 0.482. The molecule has 0 bridgehead atoms. The summed E-state index contributed by atoms with van der Waals surface area (Å²) in [4.78, 5) is 11.2. The number of halogens is 3. The number of hydrogen-bond donors (Lipinski definition) is 0. The molecule has 0 heterocycles. The first-order chi connectivity index (χ1) is 6.48. The van der Waals surface area contributed by atoms with Crippen molar-refractivity contribution < 1.29 is 9.53 Å². The van der Waals surface area contributed by atoms with Gasteiger partial charge in [-0.05, 0) is 17.7 Å². The van der Waals surface area contributed by atoms with Crippen LogP contribution >= 0.6 is 39.1 Å². The molecule has 0 saturated carbocycles. The van der Waals surface area contributed by atoms with Crippen LogP contribution in [0.3, 0.4) is 0 Å². The lowest BCUT2D eigenvalue weighted by Gasteiger charge is -2.16. The Labute approximate surface area is 100 Å². The molecule has 1 aromatic rings. The Hall–Kier alpha value is -0.250. The summed E-state index contributed by atoms with van der Waals surface area (Å²) < 4.78 is 3.73. The highest BCUT2D eigenvalue weighted by Crippen LogP contribution is 2.35. The maximum absolute atomic E-state index is 11.2. The van der Waals surface area contributed by atoms with Crippen molar-refractivity contribution in [3.63, 3.8) is 0 Å². The molecule has 0 spiro atoms. The lowest BCUT2D eigenvalue weighted by atomic mass is 10.1. The van der Waals surface area contributed by atoms with E-state index in [9.17, 15) is 4.79 Å². The molecular formula is C9H7BrCl2O2. The summed E-state index contributed by atoms with van der Waals surface area (Å²) >= 11 is 14.9. The molecule has 0 N–H and O–H groups in total. The van der Waals surface area contributed by atoms with Gasteiger partial charge < -0.3 is 4.74 Å². The Balaban J connectivity index is 3.03. The Kier molecular flexibility index (Phi) is 3.81. The van der Waals surface area contributed by atoms with Crippen LogP contribution in [0.15, 0.2) is 28.7 Å². The average Bonchev–Trinajstić information content (AvgIpc) is 2.17. The summed E-state index contributed by atoms with van der Waals surface area (Å²) in [6, 6.07) is 6.80. The first-order valence-corrected chi connectivity index (χ1v) is 5.25. The van der Waals surface area contributed by atoms with E-state index >= 15 is 0 Å². The van der Waals surface area contributed by atoms with E-state index in [1.807, 2.05) is 0 Å². The fourth-order valence-electron chi connectivity index (χ4n) is 0.905. The molecule has 2 nitrogen and oxygen atoms in total. The van der Waals surface area contributed by atoms with Gasteiger partial charge in [0.05, 0.1) is 7.11 Å². The van der Waals surface area contributed by atoms with Crippen LogP contribution < -0.4 is 0 Å². The molecule has 0 aromatic heterocycles. The van der Waals surface area contributed by atoms with Crippen molar-refractivity contribution in [3.8, 4) is 0 Å². The second-order valence-electron chi connectivity index (χ2n) is 2.57. The largest absolute Gasteiger partial charge is 0.467 e. The van der Waals surface area contributed by atoms with Crippen LogP contribution in [-0.2, 0) is 13.9 Å². The molecular weight excluding hydrogens is 291 g/mol. The molecule has 0 saturated heterocycles. The minimum absolute atomic E-state index is 0.482. The molecule has 76 valence electrons. The standard InChI is InChI=1S/C9H7BrCl2O2/c1-14-8(13)9(11,12)6-2-4-7(10)5-3-6/h2-5H,1H3. The van der Waals surface area contributed by atoms with Crippen molar-refractivity contribution >= 4 is 45.1 Å². The number of alkyl halides is 2. The molecule has 1 aromatic carbocycles. The first-order valence-electron chi connectivity index (χ1n) is 3.70. The Morgan fingerprint density at radius 2 is 1.86 bits per heavy atom. The van der Waals surface area contributed by atoms with Crippen molar-refractivity contribution in [2.45, 2.75) is 4.33 Å². The monoisotopic (exact) mass is 296 g/mol. The van der Waals surface area contributed by atoms with Crippen LogP contribution in [0, 0.1) is 0 Å². The van der Waals surface area contributed by atoms with E-state index in [-0.39, 0.29) is 0 Å². The molecule has 0 atom stereocenters. The number of methoxy groups -OCH3 is 1. The molecule has 0 aliphatic heterocycles. The highest BCUT2D eigenvalue weighted by Gasteiger charge is 2.36. The van der Waals surface area contributed by atoms with E-state index in [0.29, 0.717) is 5.56 Å². The lowest BCUT2D eigenvalue weighted by molar-refractivity contribution is -0.141. The van der Waals surface area contributed by atoms with Crippen LogP contribution in [0.25, 0.3) is 0 Å². The van der Waals surface area contributed by atoms with Gasteiger partial charge in [0.1, 0.15) is 0 Å². The topological polar surface area (TPSA) is 26.3 Å². The number of ether oxygens (including phenoxy) is 1. The molecule has 14 heavy (non-hydrogen) atoms. The fraction of sp³-hybridized carbons (Fsp3) is 0.222. The Morgan fingerprint density at radius 3 is 2.29 bits per heavy atom. The quantitative estimate of drug-likeness (QED) is 0.619. The van der Waals surface area contributed by atoms with E-state index in [4.69, 9.17) is 23.2 Å². The van der Waals surface area contributed by atoms with Crippen molar-refractivity contribution in [3.05, 3.63) is 34.3 Å². The van der Waals surface area contributed by atoms with Crippen molar-refractivity contribution in [2.24, 2.45) is 0 Å². The Bertz CT molecular complexity index is 335. The second kappa shape index (κ2) is 4.51. The second-order valence-corrected chi connectivity index (χ2v) is 4.82. The van der Waals surface area contributed by atoms with E-state index < -0.39 is 10.3 Å². The third-order valence-electron chi connectivity index (χ3n) is 1.65. The van der Waals surface area contributed by atoms with E-state index in [0.717, 1.165) is 4.47 Å². The van der Waals surface area contributed by atoms with Gasteiger partial charge in [0.15, 0.2) is 0 Å². The van der Waals surface area contributed by atoms with Gasteiger partial charge in [0, 0.05) is 4.47 Å². The number of benzene rings is 1. The molecule has 0 fully saturated rings. The van der Waals surface area contributed by atoms with Crippen LogP contribution in [0.1, 0.15) is 5.56 Å². The molecule has 0 aliphatic carbocycles. The van der Waals surface area contributed by atoms with Crippen LogP contribution in [0.5, 0.6) is 0 Å². The number of carbonyl (C=O) groups excluding carboxylic acids is 1. The van der Waals surface area contributed by atoms with Crippen molar-refractivity contribution in [1.29, 1.82) is 0 Å². The van der Waals surface area contributed by atoms with E-state index in [2.05, 4.69) is 20.7 Å². The zero-order valence-corrected chi connectivity index (χ0v) is 10.4. The molecule has 1 rings (SSSR count). The third-order valence-corrected chi connectivity index (χ3v) is 2.92. The maximum atomic E-state index is 11.2. The summed E-state index contributed by atoms with van der Waals surface area (Å²) in [6.07, 6.45) is 0. The summed E-state index contributed by atoms with van der Waals surface area (Å²) in [5.74, 6) is -0.692. The predicted molar refractivity (Wildman–Crippen MR) is 59.5 cm³/mol. The van der Waals surface area contributed by atoms with Crippen LogP contribution in [0.4, 0.5) is 0 Å². The number of hydrogen-bond acceptors (Lipinski definition) is 2. The number of carbonyl (C=O) groups is 1. The van der Waals surface area contributed by atoms with Gasteiger partial charge in [0.25, 0.3) is 0 Å². The number of esters is 1. The van der Waals surface area contributed by atoms with Crippen molar-refractivity contribution in [2.75, 3.05) is 7.11 Å². The highest BCUT2D eigenvalue weighted by molar-refractivity contribution is 9.10. The third kappa shape index (κ3) is 2.41. The minimum atomic E-state index is -1.64. The summed E-state index contributed by atoms with van der Waals surface area (Å²) in [7, 11) is 1.24. The molecule has 0 amide bonds. The van der Waals surface area contributed by atoms with Gasteiger partial charge in [-0.3, -0.25) is 0 Å². The summed E-state index contributed by atoms with van der Waals surface area (Å²) in [5, 5.41) is 0. The predicted octanol–water partition coefficient (Wildman–Crippen LogP) is 3.25. The molecule has 0 unspecified atom stereocenters. The van der Waals surface area contributed by atoms with E-state index in [1.54, 1.807) is 24.3 Å². The maximum Gasteiger partial charge on any atom is 0.347 e. The van der Waals surface area contributed by atoms with Crippen LogP contribution in [0.2, 0.25) is 0 Å².